The van der Waals surface area contributed by atoms with E-state index in [0.29, 0.717) is 17.4 Å². The predicted octanol–water partition coefficient (Wildman–Crippen LogP) is 2.48. The molecule has 108 valence electrons. The van der Waals surface area contributed by atoms with Crippen LogP contribution in [0.1, 0.15) is 12.7 Å². The molecule has 0 aliphatic heterocycles. The van der Waals surface area contributed by atoms with Gasteiger partial charge >= 0.3 is 5.97 Å². The molecule has 0 fully saturated rings. The number of carbonyl (C=O) groups is 1. The summed E-state index contributed by atoms with van der Waals surface area (Å²) in [7, 11) is 0. The average Bonchev–Trinajstić information content (AvgIpc) is 3.03. The van der Waals surface area contributed by atoms with Crippen LogP contribution < -0.4 is 4.74 Å². The third-order valence-electron chi connectivity index (χ3n) is 2.99. The van der Waals surface area contributed by atoms with E-state index < -0.39 is 5.97 Å². The van der Waals surface area contributed by atoms with Gasteiger partial charge in [-0.05, 0) is 36.8 Å². The van der Waals surface area contributed by atoms with Crippen molar-refractivity contribution in [3.63, 3.8) is 0 Å². The van der Waals surface area contributed by atoms with Crippen LogP contribution in [0.2, 0.25) is 0 Å². The zero-order chi connectivity index (χ0) is 14.8. The molecule has 0 saturated heterocycles. The summed E-state index contributed by atoms with van der Waals surface area (Å²) in [6.07, 6.45) is -0.151. The lowest BCUT2D eigenvalue weighted by Gasteiger charge is -2.05. The van der Waals surface area contributed by atoms with Crippen LogP contribution in [0.25, 0.3) is 16.2 Å². The number of rotatable bonds is 5. The summed E-state index contributed by atoms with van der Waals surface area (Å²) in [5.74, 6) is 0.318. The highest BCUT2D eigenvalue weighted by Crippen LogP contribution is 2.28. The van der Waals surface area contributed by atoms with Crippen molar-refractivity contribution < 1.29 is 14.6 Å². The van der Waals surface area contributed by atoms with Crippen LogP contribution in [0.3, 0.4) is 0 Å². The first-order valence-electron chi connectivity index (χ1n) is 6.45. The van der Waals surface area contributed by atoms with Crippen molar-refractivity contribution in [2.45, 2.75) is 13.3 Å². The molecule has 0 saturated carbocycles. The van der Waals surface area contributed by atoms with E-state index in [1.807, 2.05) is 36.6 Å². The van der Waals surface area contributed by atoms with Crippen molar-refractivity contribution in [1.82, 2.24) is 14.6 Å². The van der Waals surface area contributed by atoms with Crippen molar-refractivity contribution in [2.24, 2.45) is 0 Å². The van der Waals surface area contributed by atoms with Crippen molar-refractivity contribution in [2.75, 3.05) is 6.61 Å². The minimum atomic E-state index is -0.923. The minimum Gasteiger partial charge on any atom is -0.494 e. The Hall–Kier alpha value is -2.41. The third kappa shape index (κ3) is 2.59. The number of hydrogen-bond acceptors (Lipinski definition) is 5. The zero-order valence-corrected chi connectivity index (χ0v) is 12.1. The number of carboxylic acid groups (broad SMARTS) is 1. The van der Waals surface area contributed by atoms with Gasteiger partial charge in [-0.2, -0.15) is 0 Å². The fraction of sp³-hybridized carbons (Fsp3) is 0.214. The molecular formula is C14H13N3O3S. The van der Waals surface area contributed by atoms with Crippen LogP contribution in [0.15, 0.2) is 29.6 Å². The number of fused-ring (bicyclic) bond motifs is 1. The molecule has 0 amide bonds. The molecule has 1 N–H and O–H groups in total. The lowest BCUT2D eigenvalue weighted by molar-refractivity contribution is -0.136. The van der Waals surface area contributed by atoms with E-state index in [1.54, 1.807) is 4.40 Å². The van der Waals surface area contributed by atoms with Gasteiger partial charge in [0.05, 0.1) is 12.3 Å². The van der Waals surface area contributed by atoms with E-state index in [2.05, 4.69) is 10.2 Å². The van der Waals surface area contributed by atoms with Gasteiger partial charge in [0, 0.05) is 5.38 Å². The Balaban J connectivity index is 2.03. The Bertz CT molecular complexity index is 776. The van der Waals surface area contributed by atoms with Crippen LogP contribution in [0, 0.1) is 0 Å². The Kier molecular flexibility index (Phi) is 3.57. The van der Waals surface area contributed by atoms with Crippen molar-refractivity contribution >= 4 is 22.3 Å². The molecule has 0 bridgehead atoms. The smallest absolute Gasteiger partial charge is 0.311 e. The topological polar surface area (TPSA) is 76.7 Å². The molecule has 0 atom stereocenters. The Morgan fingerprint density at radius 1 is 1.33 bits per heavy atom. The van der Waals surface area contributed by atoms with Gasteiger partial charge in [0.15, 0.2) is 0 Å². The van der Waals surface area contributed by atoms with Crippen molar-refractivity contribution in [1.29, 1.82) is 0 Å². The molecule has 1 aromatic carbocycles. The van der Waals surface area contributed by atoms with E-state index in [-0.39, 0.29) is 6.42 Å². The van der Waals surface area contributed by atoms with Crippen molar-refractivity contribution in [3.8, 4) is 17.0 Å². The highest BCUT2D eigenvalue weighted by molar-refractivity contribution is 7.15. The number of carboxylic acids is 1. The number of aromatic nitrogens is 3. The first kappa shape index (κ1) is 13.6. The number of thiazole rings is 1. The molecule has 2 aromatic heterocycles. The molecule has 3 aromatic rings. The number of ether oxygens (including phenoxy) is 1. The Labute approximate surface area is 124 Å². The minimum absolute atomic E-state index is 0.151. The summed E-state index contributed by atoms with van der Waals surface area (Å²) < 4.78 is 7.21. The van der Waals surface area contributed by atoms with Gasteiger partial charge in [0.2, 0.25) is 4.96 Å². The molecule has 21 heavy (non-hydrogen) atoms. The molecule has 0 unspecified atom stereocenters. The summed E-state index contributed by atoms with van der Waals surface area (Å²) in [6, 6.07) is 7.67. The lowest BCUT2D eigenvalue weighted by atomic mass is 10.1. The number of aliphatic carboxylic acids is 1. The average molecular weight is 303 g/mol. The van der Waals surface area contributed by atoms with Crippen LogP contribution in [-0.4, -0.2) is 32.3 Å². The molecule has 6 nitrogen and oxygen atoms in total. The summed E-state index contributed by atoms with van der Waals surface area (Å²) >= 11 is 1.44. The van der Waals surface area contributed by atoms with E-state index >= 15 is 0 Å². The maximum Gasteiger partial charge on any atom is 0.311 e. The molecular weight excluding hydrogens is 290 g/mol. The second-order valence-electron chi connectivity index (χ2n) is 4.38. The Morgan fingerprint density at radius 3 is 2.76 bits per heavy atom. The summed E-state index contributed by atoms with van der Waals surface area (Å²) in [6.45, 7) is 2.56. The quantitative estimate of drug-likeness (QED) is 0.783. The van der Waals surface area contributed by atoms with Gasteiger partial charge < -0.3 is 9.84 Å². The largest absolute Gasteiger partial charge is 0.494 e. The van der Waals surface area contributed by atoms with E-state index in [1.165, 1.54) is 11.3 Å². The fourth-order valence-electron chi connectivity index (χ4n) is 2.12. The van der Waals surface area contributed by atoms with E-state index in [4.69, 9.17) is 9.84 Å². The molecule has 0 aliphatic carbocycles. The first-order chi connectivity index (χ1) is 10.2. The number of hydrogen-bond donors (Lipinski definition) is 1. The molecule has 0 radical (unpaired) electrons. The third-order valence-corrected chi connectivity index (χ3v) is 3.80. The standard InChI is InChI=1S/C14H13N3O3S/c1-2-20-10-5-3-9(4-6-10)11-8-21-14-16-15-12(17(11)14)7-13(18)19/h3-6,8H,2,7H2,1H3,(H,18,19). The van der Waals surface area contributed by atoms with Crippen LogP contribution in [0.4, 0.5) is 0 Å². The lowest BCUT2D eigenvalue weighted by Crippen LogP contribution is -2.05. The van der Waals surface area contributed by atoms with Crippen LogP contribution in [0.5, 0.6) is 5.75 Å². The SMILES string of the molecule is CCOc1ccc(-c2csc3nnc(CC(=O)O)n23)cc1. The van der Waals surface area contributed by atoms with Crippen LogP contribution >= 0.6 is 11.3 Å². The van der Waals surface area contributed by atoms with E-state index in [0.717, 1.165) is 17.0 Å². The maximum atomic E-state index is 10.9. The highest BCUT2D eigenvalue weighted by atomic mass is 32.1. The molecule has 2 heterocycles. The van der Waals surface area contributed by atoms with Crippen molar-refractivity contribution in [3.05, 3.63) is 35.5 Å². The normalized spacial score (nSPS) is 10.9. The molecule has 0 spiro atoms. The predicted molar refractivity (Wildman–Crippen MR) is 78.8 cm³/mol. The van der Waals surface area contributed by atoms with Gasteiger partial charge in [0.25, 0.3) is 0 Å². The second-order valence-corrected chi connectivity index (χ2v) is 5.22. The first-order valence-corrected chi connectivity index (χ1v) is 7.33. The van der Waals surface area contributed by atoms with E-state index in [9.17, 15) is 4.79 Å². The van der Waals surface area contributed by atoms with Gasteiger partial charge in [-0.25, -0.2) is 0 Å². The van der Waals surface area contributed by atoms with Gasteiger partial charge in [-0.15, -0.1) is 21.5 Å². The Morgan fingerprint density at radius 2 is 2.10 bits per heavy atom. The van der Waals surface area contributed by atoms with Gasteiger partial charge in [0.1, 0.15) is 18.0 Å². The number of nitrogens with zero attached hydrogens (tertiary/aromatic N) is 3. The summed E-state index contributed by atoms with van der Waals surface area (Å²) in [4.78, 5) is 11.6. The van der Waals surface area contributed by atoms with Crippen LogP contribution in [-0.2, 0) is 11.2 Å². The second kappa shape index (κ2) is 5.53. The summed E-state index contributed by atoms with van der Waals surface area (Å²) in [5, 5.41) is 18.8. The monoisotopic (exact) mass is 303 g/mol. The van der Waals surface area contributed by atoms with Gasteiger partial charge in [-0.3, -0.25) is 9.20 Å². The highest BCUT2D eigenvalue weighted by Gasteiger charge is 2.15. The number of benzene rings is 1. The maximum absolute atomic E-state index is 10.9. The summed E-state index contributed by atoms with van der Waals surface area (Å²) in [5.41, 5.74) is 1.86. The zero-order valence-electron chi connectivity index (χ0n) is 11.3. The molecule has 7 heteroatoms. The fourth-order valence-corrected chi connectivity index (χ4v) is 2.97. The van der Waals surface area contributed by atoms with Gasteiger partial charge in [-0.1, -0.05) is 0 Å². The molecule has 3 rings (SSSR count). The molecule has 0 aliphatic rings.